The average molecular weight is 333 g/mol. The fraction of sp³-hybridized carbons (Fsp3) is 0.900. The number of carbonyl (C=O) groups excluding carboxylic acids is 2. The first kappa shape index (κ1) is 16.6. The van der Waals surface area contributed by atoms with Gasteiger partial charge in [0.15, 0.2) is 0 Å². The lowest BCUT2D eigenvalue weighted by Gasteiger charge is -2.63. The summed E-state index contributed by atoms with van der Waals surface area (Å²) >= 11 is 0. The van der Waals surface area contributed by atoms with Crippen molar-refractivity contribution in [3.63, 3.8) is 0 Å². The maximum absolute atomic E-state index is 12.2. The molecule has 3 aliphatic carbocycles. The molecular formula is C20H31NO3. The summed E-state index contributed by atoms with van der Waals surface area (Å²) in [6.07, 6.45) is 7.31. The van der Waals surface area contributed by atoms with Crippen LogP contribution in [0.2, 0.25) is 0 Å². The molecule has 4 aliphatic rings. The average Bonchev–Trinajstić information content (AvgIpc) is 2.86. The molecule has 0 aromatic rings. The summed E-state index contributed by atoms with van der Waals surface area (Å²) < 4.78 is 0. The van der Waals surface area contributed by atoms with Gasteiger partial charge in [-0.1, -0.05) is 13.8 Å². The number of nitrogens with one attached hydrogen (secondary N) is 1. The fourth-order valence-electron chi connectivity index (χ4n) is 7.38. The van der Waals surface area contributed by atoms with Crippen molar-refractivity contribution in [2.75, 3.05) is 0 Å². The second-order valence-electron chi connectivity index (χ2n) is 9.53. The fourth-order valence-corrected chi connectivity index (χ4v) is 7.38. The number of fused-ring (bicyclic) bond motifs is 5. The van der Waals surface area contributed by atoms with Crippen molar-refractivity contribution >= 4 is 11.7 Å². The van der Waals surface area contributed by atoms with E-state index in [-0.39, 0.29) is 22.7 Å². The number of rotatable bonds is 1. The Labute approximate surface area is 144 Å². The van der Waals surface area contributed by atoms with Crippen LogP contribution in [0.5, 0.6) is 0 Å². The normalized spacial score (nSPS) is 53.6. The van der Waals surface area contributed by atoms with Crippen molar-refractivity contribution in [1.29, 1.82) is 0 Å². The topological polar surface area (TPSA) is 66.4 Å². The summed E-state index contributed by atoms with van der Waals surface area (Å²) in [6.45, 7) is 6.31. The number of Topliss-reactive ketones (excluding diaryl/α,β-unsaturated/α-hetero) is 1. The highest BCUT2D eigenvalue weighted by Gasteiger charge is 2.65. The van der Waals surface area contributed by atoms with E-state index in [1.54, 1.807) is 6.92 Å². The third kappa shape index (κ3) is 1.95. The molecule has 0 unspecified atom stereocenters. The van der Waals surface area contributed by atoms with Crippen LogP contribution >= 0.6 is 0 Å². The first-order valence-electron chi connectivity index (χ1n) is 9.75. The number of hydrogen-bond acceptors (Lipinski definition) is 3. The number of piperidine rings is 1. The Hall–Kier alpha value is -0.900. The number of carbonyl (C=O) groups is 2. The van der Waals surface area contributed by atoms with Gasteiger partial charge in [0.25, 0.3) is 0 Å². The molecule has 0 aromatic carbocycles. The van der Waals surface area contributed by atoms with E-state index in [0.717, 1.165) is 38.5 Å². The summed E-state index contributed by atoms with van der Waals surface area (Å²) in [7, 11) is 0. The van der Waals surface area contributed by atoms with Crippen LogP contribution in [-0.4, -0.2) is 22.5 Å². The molecule has 0 aromatic heterocycles. The van der Waals surface area contributed by atoms with Gasteiger partial charge in [-0.05, 0) is 75.0 Å². The van der Waals surface area contributed by atoms with Gasteiger partial charge in [0.2, 0.25) is 5.91 Å². The molecule has 7 atom stereocenters. The molecular weight excluding hydrogens is 302 g/mol. The Morgan fingerprint density at radius 1 is 1.08 bits per heavy atom. The first-order valence-corrected chi connectivity index (χ1v) is 9.75. The minimum atomic E-state index is -1.03. The van der Waals surface area contributed by atoms with E-state index in [0.29, 0.717) is 36.4 Å². The van der Waals surface area contributed by atoms with Crippen molar-refractivity contribution in [3.8, 4) is 0 Å². The molecule has 0 spiro atoms. The number of aliphatic hydroxyl groups is 1. The minimum Gasteiger partial charge on any atom is -0.370 e. The first-order chi connectivity index (χ1) is 11.2. The van der Waals surface area contributed by atoms with E-state index in [9.17, 15) is 14.7 Å². The quantitative estimate of drug-likeness (QED) is 0.775. The maximum Gasteiger partial charge on any atom is 0.222 e. The monoisotopic (exact) mass is 333 g/mol. The highest BCUT2D eigenvalue weighted by atomic mass is 16.3. The molecule has 0 radical (unpaired) electrons. The molecule has 24 heavy (non-hydrogen) atoms. The molecule has 0 bridgehead atoms. The van der Waals surface area contributed by atoms with Gasteiger partial charge in [0, 0.05) is 17.8 Å². The molecule has 3 saturated carbocycles. The summed E-state index contributed by atoms with van der Waals surface area (Å²) in [6, 6.07) is 0. The summed E-state index contributed by atoms with van der Waals surface area (Å²) in [5.74, 6) is 2.23. The van der Waals surface area contributed by atoms with Gasteiger partial charge in [-0.25, -0.2) is 0 Å². The van der Waals surface area contributed by atoms with Crippen molar-refractivity contribution in [1.82, 2.24) is 5.32 Å². The van der Waals surface area contributed by atoms with Gasteiger partial charge in [0.1, 0.15) is 11.5 Å². The molecule has 4 nitrogen and oxygen atoms in total. The van der Waals surface area contributed by atoms with E-state index >= 15 is 0 Å². The zero-order valence-corrected chi connectivity index (χ0v) is 15.2. The molecule has 4 rings (SSSR count). The second kappa shape index (κ2) is 5.06. The molecule has 2 N–H and O–H groups in total. The molecule has 1 amide bonds. The predicted molar refractivity (Wildman–Crippen MR) is 90.9 cm³/mol. The predicted octanol–water partition coefficient (Wildman–Crippen LogP) is 3.03. The molecule has 1 saturated heterocycles. The van der Waals surface area contributed by atoms with Crippen LogP contribution in [0.15, 0.2) is 0 Å². The smallest absolute Gasteiger partial charge is 0.222 e. The van der Waals surface area contributed by atoms with Crippen LogP contribution in [0.1, 0.15) is 72.1 Å². The highest BCUT2D eigenvalue weighted by molar-refractivity contribution is 5.79. The molecule has 1 aliphatic heterocycles. The zero-order valence-electron chi connectivity index (χ0n) is 15.2. The Bertz CT molecular complexity index is 589. The van der Waals surface area contributed by atoms with Crippen molar-refractivity contribution < 1.29 is 14.7 Å². The van der Waals surface area contributed by atoms with Gasteiger partial charge in [0.05, 0.1) is 0 Å². The van der Waals surface area contributed by atoms with Crippen LogP contribution < -0.4 is 5.32 Å². The molecule has 4 heteroatoms. The van der Waals surface area contributed by atoms with Gasteiger partial charge >= 0.3 is 0 Å². The van der Waals surface area contributed by atoms with Crippen LogP contribution in [-0.2, 0) is 9.59 Å². The number of ketones is 1. The lowest BCUT2D eigenvalue weighted by Crippen LogP contribution is -2.69. The van der Waals surface area contributed by atoms with Gasteiger partial charge in [-0.3, -0.25) is 9.59 Å². The molecule has 1 heterocycles. The molecule has 134 valence electrons. The van der Waals surface area contributed by atoms with E-state index < -0.39 is 5.72 Å². The third-order valence-electron chi connectivity index (χ3n) is 8.75. The third-order valence-corrected chi connectivity index (χ3v) is 8.75. The van der Waals surface area contributed by atoms with E-state index in [4.69, 9.17) is 0 Å². The van der Waals surface area contributed by atoms with E-state index in [2.05, 4.69) is 19.2 Å². The Morgan fingerprint density at radius 2 is 1.83 bits per heavy atom. The lowest BCUT2D eigenvalue weighted by atomic mass is 9.46. The van der Waals surface area contributed by atoms with Crippen LogP contribution in [0.4, 0.5) is 0 Å². The van der Waals surface area contributed by atoms with Crippen molar-refractivity contribution in [2.24, 2.45) is 34.5 Å². The number of amides is 1. The number of hydrogen-bond donors (Lipinski definition) is 2. The van der Waals surface area contributed by atoms with Crippen molar-refractivity contribution in [3.05, 3.63) is 0 Å². The summed E-state index contributed by atoms with van der Waals surface area (Å²) in [4.78, 5) is 24.0. The van der Waals surface area contributed by atoms with Crippen molar-refractivity contribution in [2.45, 2.75) is 77.9 Å². The highest BCUT2D eigenvalue weighted by Crippen LogP contribution is 2.67. The Morgan fingerprint density at radius 3 is 2.54 bits per heavy atom. The Kier molecular flexibility index (Phi) is 3.49. The second-order valence-corrected chi connectivity index (χ2v) is 9.53. The SMILES string of the molecule is CC(=O)[C@H]1CC[C@H]2[C@@H]3CC[C@@]4(O)NC(=O)CC[C@]4(C)[C@H]3CC[C@]12C. The van der Waals surface area contributed by atoms with Gasteiger partial charge in [-0.15, -0.1) is 0 Å². The Balaban J connectivity index is 1.66. The van der Waals surface area contributed by atoms with Crippen LogP contribution in [0.25, 0.3) is 0 Å². The van der Waals surface area contributed by atoms with Gasteiger partial charge < -0.3 is 10.4 Å². The molecule has 4 fully saturated rings. The van der Waals surface area contributed by atoms with E-state index in [1.165, 1.54) is 0 Å². The zero-order chi connectivity index (χ0) is 17.3. The standard InChI is InChI=1S/C20H31NO3/c1-12(22)14-4-5-15-13-6-11-20(24)19(3,10-8-17(23)21-20)16(13)7-9-18(14,15)2/h13-16,24H,4-11H2,1-3H3,(H,21,23)/t13-,14+,15-,16-,18+,19+,20-/m0/s1. The summed E-state index contributed by atoms with van der Waals surface area (Å²) in [5, 5.41) is 14.1. The van der Waals surface area contributed by atoms with E-state index in [1.807, 2.05) is 0 Å². The van der Waals surface area contributed by atoms with Crippen LogP contribution in [0, 0.1) is 34.5 Å². The maximum atomic E-state index is 12.2. The van der Waals surface area contributed by atoms with Gasteiger partial charge in [-0.2, -0.15) is 0 Å². The largest absolute Gasteiger partial charge is 0.370 e. The van der Waals surface area contributed by atoms with Crippen LogP contribution in [0.3, 0.4) is 0 Å². The minimum absolute atomic E-state index is 0.00779. The summed E-state index contributed by atoms with van der Waals surface area (Å²) in [5.41, 5.74) is -1.11. The lowest BCUT2D eigenvalue weighted by molar-refractivity contribution is -0.216.